The lowest BCUT2D eigenvalue weighted by Crippen LogP contribution is -2.45. The van der Waals surface area contributed by atoms with Gasteiger partial charge in [-0.25, -0.2) is 13.3 Å². The number of carbonyl (C=O) groups excluding carboxylic acids is 1. The van der Waals surface area contributed by atoms with Crippen LogP contribution in [0.3, 0.4) is 0 Å². The summed E-state index contributed by atoms with van der Waals surface area (Å²) in [6, 6.07) is 12.7. The van der Waals surface area contributed by atoms with E-state index in [0.717, 1.165) is 28.7 Å². The molecule has 2 aliphatic rings. The van der Waals surface area contributed by atoms with Gasteiger partial charge in [0.05, 0.1) is 22.4 Å². The number of nitrogens with zero attached hydrogens (tertiary/aromatic N) is 4. The molecule has 0 aromatic heterocycles. The summed E-state index contributed by atoms with van der Waals surface area (Å²) < 4.78 is 33.4. The zero-order valence-electron chi connectivity index (χ0n) is 17.0. The fourth-order valence-electron chi connectivity index (χ4n) is 2.94. The lowest BCUT2D eigenvalue weighted by molar-refractivity contribution is -0.384. The van der Waals surface area contributed by atoms with E-state index in [1.165, 1.54) is 18.2 Å². The van der Waals surface area contributed by atoms with Crippen LogP contribution in [0.4, 0.5) is 5.69 Å². The quantitative estimate of drug-likeness (QED) is 0.293. The van der Waals surface area contributed by atoms with Gasteiger partial charge >= 0.3 is 0 Å². The van der Waals surface area contributed by atoms with Crippen molar-refractivity contribution in [3.8, 4) is 5.75 Å². The molecule has 33 heavy (non-hydrogen) atoms. The van der Waals surface area contributed by atoms with Gasteiger partial charge in [0.25, 0.3) is 11.6 Å². The number of rotatable bonds is 5. The number of amides is 1. The summed E-state index contributed by atoms with van der Waals surface area (Å²) in [6.45, 7) is 0.208. The van der Waals surface area contributed by atoms with E-state index in [1.54, 1.807) is 36.4 Å². The topological polar surface area (TPSA) is 155 Å². The van der Waals surface area contributed by atoms with Gasteiger partial charge in [-0.3, -0.25) is 20.3 Å². The Labute approximate surface area is 192 Å². The van der Waals surface area contributed by atoms with Crippen LogP contribution in [0.2, 0.25) is 0 Å². The largest absolute Gasteiger partial charge is 0.489 e. The van der Waals surface area contributed by atoms with Crippen molar-refractivity contribution in [1.82, 2.24) is 4.90 Å². The molecule has 0 bridgehead atoms. The number of sulfone groups is 1. The highest BCUT2D eigenvalue weighted by molar-refractivity contribution is 8.16. The van der Waals surface area contributed by atoms with Gasteiger partial charge in [-0.05, 0) is 41.5 Å². The maximum atomic E-state index is 12.4. The van der Waals surface area contributed by atoms with Crippen LogP contribution >= 0.6 is 11.9 Å². The average Bonchev–Trinajstić information content (AvgIpc) is 3.21. The molecule has 2 aromatic carbocycles. The summed E-state index contributed by atoms with van der Waals surface area (Å²) in [4.78, 5) is 27.5. The van der Waals surface area contributed by atoms with E-state index >= 15 is 0 Å². The van der Waals surface area contributed by atoms with Gasteiger partial charge in [0.1, 0.15) is 18.2 Å². The predicted octanol–water partition coefficient (Wildman–Crippen LogP) is 2.80. The van der Waals surface area contributed by atoms with E-state index in [9.17, 15) is 23.3 Å². The summed E-state index contributed by atoms with van der Waals surface area (Å²) in [6.07, 6.45) is 2.41. The van der Waals surface area contributed by atoms with Crippen molar-refractivity contribution in [1.29, 1.82) is 5.41 Å². The highest BCUT2D eigenvalue weighted by Gasteiger charge is 2.41. The summed E-state index contributed by atoms with van der Waals surface area (Å²) >= 11 is 0.731. The van der Waals surface area contributed by atoms with E-state index in [-0.39, 0.29) is 34.0 Å². The maximum absolute atomic E-state index is 12.4. The second-order valence-corrected chi connectivity index (χ2v) is 9.60. The standard InChI is InChI=1S/C20H15N5O6S2/c1-33(29,30)20-23-32-19-22-18(26)16(17(21)24(19)20)10-12-4-8-15(9-5-12)31-11-13-2-6-14(7-3-13)25(27)28/h2-10,21H,11H2,1H3. The third-order valence-corrected chi connectivity index (χ3v) is 6.32. The van der Waals surface area contributed by atoms with Gasteiger partial charge in [-0.15, -0.1) is 0 Å². The molecule has 2 heterocycles. The Morgan fingerprint density at radius 1 is 1.18 bits per heavy atom. The lowest BCUT2D eigenvalue weighted by atomic mass is 10.1. The molecule has 11 nitrogen and oxygen atoms in total. The molecular weight excluding hydrogens is 470 g/mol. The predicted molar refractivity (Wildman–Crippen MR) is 124 cm³/mol. The van der Waals surface area contributed by atoms with Crippen LogP contribution < -0.4 is 4.74 Å². The number of non-ortho nitro benzene ring substituents is 1. The molecule has 1 N–H and O–H groups in total. The van der Waals surface area contributed by atoms with Crippen LogP contribution in [-0.2, 0) is 21.2 Å². The third kappa shape index (κ3) is 4.68. The monoisotopic (exact) mass is 485 g/mol. The van der Waals surface area contributed by atoms with Gasteiger partial charge in [-0.1, -0.05) is 12.1 Å². The summed E-state index contributed by atoms with van der Waals surface area (Å²) in [5.41, 5.74) is 1.26. The first-order valence-corrected chi connectivity index (χ1v) is 11.9. The number of nitro benzene ring substituents is 1. The minimum atomic E-state index is -3.72. The van der Waals surface area contributed by atoms with Crippen molar-refractivity contribution in [2.75, 3.05) is 6.26 Å². The number of ether oxygens (including phenoxy) is 1. The second-order valence-electron chi connectivity index (χ2n) is 6.96. The Bertz CT molecular complexity index is 1360. The molecule has 0 saturated heterocycles. The summed E-state index contributed by atoms with van der Waals surface area (Å²) in [5, 5.41) is 18.7. The van der Waals surface area contributed by atoms with E-state index in [4.69, 9.17) is 10.1 Å². The van der Waals surface area contributed by atoms with Gasteiger partial charge in [-0.2, -0.15) is 9.39 Å². The molecule has 2 aliphatic heterocycles. The number of fused-ring (bicyclic) bond motifs is 1. The second kappa shape index (κ2) is 8.60. The van der Waals surface area contributed by atoms with Gasteiger partial charge in [0.2, 0.25) is 20.2 Å². The van der Waals surface area contributed by atoms with Crippen molar-refractivity contribution in [3.63, 3.8) is 0 Å². The number of nitrogens with one attached hydrogen (secondary N) is 1. The first-order chi connectivity index (χ1) is 15.6. The molecule has 0 radical (unpaired) electrons. The van der Waals surface area contributed by atoms with Crippen LogP contribution in [0.25, 0.3) is 6.08 Å². The van der Waals surface area contributed by atoms with Crippen LogP contribution in [0.1, 0.15) is 11.1 Å². The third-order valence-electron chi connectivity index (χ3n) is 4.57. The Morgan fingerprint density at radius 2 is 1.85 bits per heavy atom. The highest BCUT2D eigenvalue weighted by Crippen LogP contribution is 2.30. The SMILES string of the molecule is CS(=O)(=O)C1=NSC2=NC(=O)C(=Cc3ccc(OCc4ccc([N+](=O)[O-])cc4)cc3)C(=N)N21. The molecule has 13 heteroatoms. The molecule has 0 aliphatic carbocycles. The number of hydrogen-bond acceptors (Lipinski definition) is 9. The van der Waals surface area contributed by atoms with Crippen LogP contribution in [-0.4, -0.2) is 46.6 Å². The summed E-state index contributed by atoms with van der Waals surface area (Å²) in [5.74, 6) is -0.455. The number of aliphatic imine (C=N–C) groups is 1. The van der Waals surface area contributed by atoms with Crippen LogP contribution in [0.5, 0.6) is 5.75 Å². The Hall–Kier alpha value is -3.84. The summed E-state index contributed by atoms with van der Waals surface area (Å²) in [7, 11) is -3.72. The van der Waals surface area contributed by atoms with Gasteiger partial charge in [0.15, 0.2) is 0 Å². The van der Waals surface area contributed by atoms with E-state index in [1.807, 2.05) is 0 Å². The van der Waals surface area contributed by atoms with Crippen LogP contribution in [0.15, 0.2) is 63.5 Å². The van der Waals surface area contributed by atoms with E-state index in [0.29, 0.717) is 11.3 Å². The fraction of sp³-hybridized carbons (Fsp3) is 0.100. The maximum Gasteiger partial charge on any atom is 0.283 e. The van der Waals surface area contributed by atoms with E-state index < -0.39 is 20.7 Å². The van der Waals surface area contributed by atoms with Crippen LogP contribution in [0, 0.1) is 15.5 Å². The van der Waals surface area contributed by atoms with Crippen molar-refractivity contribution < 1.29 is 22.9 Å². The molecule has 4 rings (SSSR count). The number of amidine groups is 3. The molecule has 2 aromatic rings. The van der Waals surface area contributed by atoms with Gasteiger partial charge in [0, 0.05) is 18.4 Å². The number of nitro groups is 1. The molecule has 1 amide bonds. The van der Waals surface area contributed by atoms with Crippen molar-refractivity contribution >= 4 is 55.6 Å². The zero-order chi connectivity index (χ0) is 23.8. The fourth-order valence-corrected chi connectivity index (χ4v) is 4.79. The Balaban J connectivity index is 1.48. The smallest absolute Gasteiger partial charge is 0.283 e. The molecule has 0 fully saturated rings. The van der Waals surface area contributed by atoms with E-state index in [2.05, 4.69) is 9.39 Å². The van der Waals surface area contributed by atoms with Crippen molar-refractivity contribution in [2.24, 2.45) is 9.39 Å². The zero-order valence-corrected chi connectivity index (χ0v) is 18.6. The molecule has 0 saturated carbocycles. The number of hydrogen-bond donors (Lipinski definition) is 1. The Morgan fingerprint density at radius 3 is 2.45 bits per heavy atom. The number of benzene rings is 2. The molecule has 0 atom stereocenters. The van der Waals surface area contributed by atoms with Gasteiger partial charge < -0.3 is 4.74 Å². The van der Waals surface area contributed by atoms with Crippen molar-refractivity contribution in [3.05, 3.63) is 75.3 Å². The normalized spacial score (nSPS) is 17.0. The lowest BCUT2D eigenvalue weighted by Gasteiger charge is -2.23. The first kappa shape index (κ1) is 22.4. The molecule has 168 valence electrons. The van der Waals surface area contributed by atoms with Crippen molar-refractivity contribution in [2.45, 2.75) is 6.61 Å². The minimum Gasteiger partial charge on any atom is -0.489 e. The highest BCUT2D eigenvalue weighted by atomic mass is 32.2. The Kier molecular flexibility index (Phi) is 5.82. The minimum absolute atomic E-state index is 0.00197. The molecule has 0 spiro atoms. The first-order valence-electron chi connectivity index (χ1n) is 9.28. The number of carbonyl (C=O) groups is 1. The molecule has 0 unspecified atom stereocenters. The average molecular weight is 486 g/mol. The molecular formula is C20H15N5O6S2.